The Hall–Kier alpha value is 1.25. The van der Waals surface area contributed by atoms with Crippen molar-refractivity contribution in [2.75, 3.05) is 0 Å². The Morgan fingerprint density at radius 3 is 1.14 bits per heavy atom. The Kier molecular flexibility index (Phi) is 53.8. The molecule has 0 spiro atoms. The average Bonchev–Trinajstić information content (AvgIpc) is 0.811. The summed E-state index contributed by atoms with van der Waals surface area (Å²) in [5, 5.41) is 0. The molecule has 5 nitrogen and oxygen atoms in total. The normalized spacial score (nSPS) is 5.00. The molecule has 0 atom stereocenters. The number of hydrogen-bond acceptors (Lipinski definition) is 3. The van der Waals surface area contributed by atoms with Gasteiger partial charge in [-0.3, -0.25) is 4.21 Å². The Bertz CT molecular complexity index is 31.1. The molecule has 0 bridgehead atoms. The molecule has 0 saturated carbocycles. The topological polar surface area (TPSA) is 126 Å². The van der Waals surface area contributed by atoms with Gasteiger partial charge in [0.25, 0.3) is 0 Å². The van der Waals surface area contributed by atoms with E-state index >= 15 is 0 Å². The molecule has 0 saturated heterocycles. The summed E-state index contributed by atoms with van der Waals surface area (Å²) in [6.07, 6.45) is 0. The summed E-state index contributed by atoms with van der Waals surface area (Å²) in [5.41, 5.74) is 0. The van der Waals surface area contributed by atoms with Crippen molar-refractivity contribution in [1.29, 1.82) is 0 Å². The molecule has 0 aromatic heterocycles. The molecule has 0 aliphatic carbocycles. The van der Waals surface area contributed by atoms with E-state index in [0.29, 0.717) is 0 Å². The van der Waals surface area contributed by atoms with E-state index in [-0.39, 0.29) is 48.7 Å². The fraction of sp³-hybridized carbons (Fsp3) is 0. The van der Waals surface area contributed by atoms with Gasteiger partial charge in [-0.15, -0.1) is 11.4 Å². The van der Waals surface area contributed by atoms with Crippen LogP contribution in [0.2, 0.25) is 0 Å². The van der Waals surface area contributed by atoms with Gasteiger partial charge in [-0.25, -0.2) is 0 Å². The summed E-state index contributed by atoms with van der Waals surface area (Å²) < 4.78 is 25.3. The third-order valence-corrected chi connectivity index (χ3v) is 0. The second-order valence-corrected chi connectivity index (χ2v) is 0.612. The second-order valence-electron chi connectivity index (χ2n) is 0.204. The molecule has 0 rings (SSSR count). The van der Waals surface area contributed by atoms with Crippen molar-refractivity contribution in [3.05, 3.63) is 0 Å². The largest absolute Gasteiger partial charge is 2.00 e. The molecule has 0 aromatic rings. The van der Waals surface area contributed by atoms with Crippen LogP contribution < -0.4 is 0 Å². The minimum absolute atomic E-state index is 0. The zero-order valence-electron chi connectivity index (χ0n) is 3.34. The Labute approximate surface area is 72.8 Å². The van der Waals surface area contributed by atoms with Crippen molar-refractivity contribution in [2.45, 2.75) is 0 Å². The summed E-state index contributed by atoms with van der Waals surface area (Å²) in [5.74, 6) is 0. The molecule has 0 aromatic carbocycles. The summed E-state index contributed by atoms with van der Waals surface area (Å²) in [6.45, 7) is 0. The van der Waals surface area contributed by atoms with Crippen LogP contribution in [0.4, 0.5) is 0 Å². The van der Waals surface area contributed by atoms with Crippen LogP contribution in [0.15, 0.2) is 0 Å². The van der Waals surface area contributed by atoms with Gasteiger partial charge in [0.15, 0.2) is 0 Å². The van der Waals surface area contributed by atoms with E-state index < -0.39 is 11.4 Å². The smallest absolute Gasteiger partial charge is 0.784 e. The third kappa shape index (κ3) is 128. The van der Waals surface area contributed by atoms with Gasteiger partial charge in [0.05, 0.1) is 0 Å². The molecule has 0 unspecified atom stereocenters. The summed E-state index contributed by atoms with van der Waals surface area (Å²) >= 11 is -3.11. The van der Waals surface area contributed by atoms with E-state index in [2.05, 4.69) is 0 Å². The van der Waals surface area contributed by atoms with E-state index in [1.807, 2.05) is 0 Å². The predicted octanol–water partition coefficient (Wildman–Crippen LogP) is -3.03. The Morgan fingerprint density at radius 2 is 1.14 bits per heavy atom. The predicted molar refractivity (Wildman–Crippen MR) is 22.7 cm³/mol. The first-order valence-corrected chi connectivity index (χ1v) is 1.50. The van der Waals surface area contributed by atoms with Crippen LogP contribution in [0.1, 0.15) is 0 Å². The van der Waals surface area contributed by atoms with Crippen molar-refractivity contribution in [2.24, 2.45) is 0 Å². The minimum Gasteiger partial charge on any atom is -0.784 e. The van der Waals surface area contributed by atoms with Crippen LogP contribution in [-0.4, -0.2) is 62.0 Å². The van der Waals surface area contributed by atoms with Crippen LogP contribution in [-0.2, 0) is 11.4 Å². The van der Waals surface area contributed by atoms with Gasteiger partial charge < -0.3 is 20.1 Å². The molecule has 7 heteroatoms. The molecule has 0 amide bonds. The zero-order valence-corrected chi connectivity index (χ0v) is 6.36. The van der Waals surface area contributed by atoms with Gasteiger partial charge in [0.2, 0.25) is 0 Å². The van der Waals surface area contributed by atoms with Crippen molar-refractivity contribution >= 4 is 49.1 Å². The maximum atomic E-state index is 8.44. The van der Waals surface area contributed by atoms with Gasteiger partial charge in [-0.2, -0.15) is 0 Å². The molecule has 42 valence electrons. The van der Waals surface area contributed by atoms with Crippen molar-refractivity contribution in [3.8, 4) is 0 Å². The van der Waals surface area contributed by atoms with Gasteiger partial charge in [-0.05, 0) is 0 Å². The van der Waals surface area contributed by atoms with E-state index in [9.17, 15) is 0 Å². The van der Waals surface area contributed by atoms with Crippen LogP contribution in [0, 0.1) is 0 Å². The molecule has 7 heavy (non-hydrogen) atoms. The van der Waals surface area contributed by atoms with Crippen LogP contribution >= 0.6 is 0 Å². The number of hydrogen-bond donors (Lipinski definition) is 0. The van der Waals surface area contributed by atoms with E-state index in [0.717, 1.165) is 0 Å². The monoisotopic (exact) mass is 156 g/mol. The molecule has 0 heterocycles. The van der Waals surface area contributed by atoms with Crippen molar-refractivity contribution in [1.82, 2.24) is 0 Å². The molecule has 0 radical (unpaired) electrons. The zero-order chi connectivity index (χ0) is 3.58. The van der Waals surface area contributed by atoms with E-state index in [4.69, 9.17) is 13.3 Å². The van der Waals surface area contributed by atoms with E-state index in [1.54, 1.807) is 0 Å². The number of rotatable bonds is 0. The standard InChI is InChI=1S/Ca.H2O3S.2H2O/c;1-4(2)3;;/h;(H2,1,2,3);2*1H2/q+2;;;/p-2. The quantitative estimate of drug-likeness (QED) is 0.273. The average molecular weight is 156 g/mol. The van der Waals surface area contributed by atoms with Crippen molar-refractivity contribution in [3.63, 3.8) is 0 Å². The first-order valence-electron chi connectivity index (χ1n) is 0.500. The molecule has 4 N–H and O–H groups in total. The van der Waals surface area contributed by atoms with E-state index in [1.165, 1.54) is 0 Å². The second kappa shape index (κ2) is 15.7. The van der Waals surface area contributed by atoms with Gasteiger partial charge in [0, 0.05) is 0 Å². The fourth-order valence-corrected chi connectivity index (χ4v) is 0. The Balaban J connectivity index is -0.0000000150. The van der Waals surface area contributed by atoms with Crippen LogP contribution in [0.3, 0.4) is 0 Å². The first-order chi connectivity index (χ1) is 1.73. The first kappa shape index (κ1) is 24.0. The SMILES string of the molecule is O.O.O=S([O-])[O-].[Ca+2]. The van der Waals surface area contributed by atoms with Gasteiger partial charge >= 0.3 is 37.7 Å². The molecular formula is H4CaO5S. The molecule has 0 aliphatic rings. The molecule has 0 fully saturated rings. The minimum atomic E-state index is -3.11. The fourth-order valence-electron chi connectivity index (χ4n) is 0. The third-order valence-electron chi connectivity index (χ3n) is 0. The summed E-state index contributed by atoms with van der Waals surface area (Å²) in [6, 6.07) is 0. The molecule has 0 aliphatic heterocycles. The molecular weight excluding hydrogens is 152 g/mol. The van der Waals surface area contributed by atoms with Crippen LogP contribution in [0.25, 0.3) is 0 Å². The summed E-state index contributed by atoms with van der Waals surface area (Å²) in [4.78, 5) is 0. The Morgan fingerprint density at radius 1 is 1.14 bits per heavy atom. The maximum absolute atomic E-state index is 8.44. The summed E-state index contributed by atoms with van der Waals surface area (Å²) in [7, 11) is 0. The van der Waals surface area contributed by atoms with Crippen LogP contribution in [0.5, 0.6) is 0 Å². The van der Waals surface area contributed by atoms with Crippen molar-refractivity contribution < 1.29 is 24.3 Å². The maximum Gasteiger partial charge on any atom is 2.00 e. The van der Waals surface area contributed by atoms with Gasteiger partial charge in [0.1, 0.15) is 0 Å². The van der Waals surface area contributed by atoms with Gasteiger partial charge in [-0.1, -0.05) is 0 Å².